The molecule has 0 aliphatic carbocycles. The lowest BCUT2D eigenvalue weighted by molar-refractivity contribution is -0.139. The van der Waals surface area contributed by atoms with E-state index in [4.69, 9.17) is 5.26 Å². The van der Waals surface area contributed by atoms with Gasteiger partial charge < -0.3 is 9.80 Å². The van der Waals surface area contributed by atoms with E-state index in [1.54, 1.807) is 29.2 Å². The highest BCUT2D eigenvalue weighted by Crippen LogP contribution is 2.19. The minimum Gasteiger partial charge on any atom is -0.340 e. The van der Waals surface area contributed by atoms with Crippen LogP contribution in [0.2, 0.25) is 0 Å². The molecule has 2 rings (SSSR count). The van der Waals surface area contributed by atoms with Gasteiger partial charge in [-0.25, -0.2) is 0 Å². The quantitative estimate of drug-likeness (QED) is 0.799. The van der Waals surface area contributed by atoms with Crippen molar-refractivity contribution in [3.8, 4) is 6.07 Å². The zero-order valence-electron chi connectivity index (χ0n) is 14.0. The van der Waals surface area contributed by atoms with Gasteiger partial charge in [-0.3, -0.25) is 9.59 Å². The summed E-state index contributed by atoms with van der Waals surface area (Å²) in [7, 11) is 0. The van der Waals surface area contributed by atoms with Crippen LogP contribution in [0.4, 0.5) is 0 Å². The topological polar surface area (TPSA) is 64.4 Å². The number of hydrogen-bond donors (Lipinski definition) is 0. The van der Waals surface area contributed by atoms with Crippen molar-refractivity contribution in [2.75, 3.05) is 26.2 Å². The summed E-state index contributed by atoms with van der Waals surface area (Å²) in [5, 5.41) is 8.95. The van der Waals surface area contributed by atoms with Crippen LogP contribution in [-0.2, 0) is 4.79 Å². The summed E-state index contributed by atoms with van der Waals surface area (Å²) in [5.74, 6) is 0.0467. The van der Waals surface area contributed by atoms with Gasteiger partial charge in [-0.2, -0.15) is 5.26 Å². The Morgan fingerprint density at radius 3 is 2.39 bits per heavy atom. The van der Waals surface area contributed by atoms with E-state index in [0.717, 1.165) is 6.42 Å². The van der Waals surface area contributed by atoms with Crippen LogP contribution in [0.5, 0.6) is 0 Å². The summed E-state index contributed by atoms with van der Waals surface area (Å²) in [6.45, 7) is 8.13. The Kier molecular flexibility index (Phi) is 5.05. The van der Waals surface area contributed by atoms with E-state index in [2.05, 4.69) is 6.07 Å². The maximum atomic E-state index is 12.6. The molecule has 1 aromatic rings. The van der Waals surface area contributed by atoms with Gasteiger partial charge in [0.05, 0.1) is 11.6 Å². The molecule has 23 heavy (non-hydrogen) atoms. The molecule has 1 aliphatic heterocycles. The molecule has 0 N–H and O–H groups in total. The molecule has 5 nitrogen and oxygen atoms in total. The monoisotopic (exact) mass is 313 g/mol. The Hall–Kier alpha value is -2.35. The first-order valence-corrected chi connectivity index (χ1v) is 7.92. The number of carbonyl (C=O) groups is 2. The van der Waals surface area contributed by atoms with Crippen LogP contribution in [0.1, 0.15) is 43.1 Å². The van der Waals surface area contributed by atoms with Crippen LogP contribution < -0.4 is 0 Å². The van der Waals surface area contributed by atoms with Crippen molar-refractivity contribution in [3.63, 3.8) is 0 Å². The fourth-order valence-corrected chi connectivity index (χ4v) is 2.70. The van der Waals surface area contributed by atoms with Crippen LogP contribution in [0.3, 0.4) is 0 Å². The molecular weight excluding hydrogens is 290 g/mol. The Balaban J connectivity index is 2.07. The molecule has 0 unspecified atom stereocenters. The second-order valence-corrected chi connectivity index (χ2v) is 6.88. The van der Waals surface area contributed by atoms with Crippen LogP contribution in [0.15, 0.2) is 24.3 Å². The van der Waals surface area contributed by atoms with E-state index in [0.29, 0.717) is 37.3 Å². The minimum atomic E-state index is -0.402. The molecule has 122 valence electrons. The predicted molar refractivity (Wildman–Crippen MR) is 87.7 cm³/mol. The maximum absolute atomic E-state index is 12.6. The van der Waals surface area contributed by atoms with Crippen molar-refractivity contribution in [3.05, 3.63) is 35.4 Å². The van der Waals surface area contributed by atoms with Crippen molar-refractivity contribution in [2.45, 2.75) is 27.2 Å². The van der Waals surface area contributed by atoms with Crippen LogP contribution in [0, 0.1) is 16.7 Å². The zero-order chi connectivity index (χ0) is 17.0. The molecule has 0 saturated carbocycles. The van der Waals surface area contributed by atoms with Crippen molar-refractivity contribution in [1.29, 1.82) is 5.26 Å². The molecule has 1 saturated heterocycles. The molecule has 0 bridgehead atoms. The molecule has 1 aromatic carbocycles. The Labute approximate surface area is 137 Å². The van der Waals surface area contributed by atoms with E-state index in [-0.39, 0.29) is 11.8 Å². The van der Waals surface area contributed by atoms with Crippen molar-refractivity contribution >= 4 is 11.8 Å². The molecule has 5 heteroatoms. The van der Waals surface area contributed by atoms with Gasteiger partial charge in [0.1, 0.15) is 0 Å². The first-order valence-electron chi connectivity index (χ1n) is 7.92. The molecule has 2 amide bonds. The Morgan fingerprint density at radius 2 is 1.74 bits per heavy atom. The summed E-state index contributed by atoms with van der Waals surface area (Å²) in [6, 6.07) is 8.80. The molecule has 1 aliphatic rings. The molecule has 0 radical (unpaired) electrons. The number of benzene rings is 1. The van der Waals surface area contributed by atoms with Crippen LogP contribution >= 0.6 is 0 Å². The lowest BCUT2D eigenvalue weighted by atomic mass is 9.94. The number of carbonyl (C=O) groups excluding carboxylic acids is 2. The number of nitrogens with zero attached hydrogens (tertiary/aromatic N) is 3. The maximum Gasteiger partial charge on any atom is 0.253 e. The standard InChI is InChI=1S/C18H23N3O2/c1-18(2,3)17(23)21-9-5-8-20(10-11-21)16(22)15-7-4-6-14(12-15)13-19/h4,6-7,12H,5,8-11H2,1-3H3. The largest absolute Gasteiger partial charge is 0.340 e. The third-order valence-electron chi connectivity index (χ3n) is 3.95. The van der Waals surface area contributed by atoms with E-state index in [1.165, 1.54) is 0 Å². The molecule has 0 spiro atoms. The van der Waals surface area contributed by atoms with Crippen molar-refractivity contribution < 1.29 is 9.59 Å². The lowest BCUT2D eigenvalue weighted by Gasteiger charge is -2.28. The van der Waals surface area contributed by atoms with Crippen LogP contribution in [0.25, 0.3) is 0 Å². The summed E-state index contributed by atoms with van der Waals surface area (Å²) in [5.41, 5.74) is 0.607. The fraction of sp³-hybridized carbons (Fsp3) is 0.500. The van der Waals surface area contributed by atoms with Gasteiger partial charge in [-0.15, -0.1) is 0 Å². The third kappa shape index (κ3) is 4.10. The normalized spacial score (nSPS) is 15.7. The third-order valence-corrected chi connectivity index (χ3v) is 3.95. The van der Waals surface area contributed by atoms with Crippen molar-refractivity contribution in [2.24, 2.45) is 5.41 Å². The highest BCUT2D eigenvalue weighted by molar-refractivity contribution is 5.94. The van der Waals surface area contributed by atoms with Gasteiger partial charge in [-0.1, -0.05) is 26.8 Å². The molecule has 0 atom stereocenters. The Bertz CT molecular complexity index is 640. The SMILES string of the molecule is CC(C)(C)C(=O)N1CCCN(C(=O)c2cccc(C#N)c2)CC1. The first kappa shape index (κ1) is 17.0. The number of hydrogen-bond acceptors (Lipinski definition) is 3. The predicted octanol–water partition coefficient (Wildman–Crippen LogP) is 2.28. The Morgan fingerprint density at radius 1 is 1.09 bits per heavy atom. The van der Waals surface area contributed by atoms with E-state index in [1.807, 2.05) is 25.7 Å². The average molecular weight is 313 g/mol. The lowest BCUT2D eigenvalue weighted by Crippen LogP contribution is -2.42. The van der Waals surface area contributed by atoms with Crippen LogP contribution in [-0.4, -0.2) is 47.8 Å². The first-order chi connectivity index (χ1) is 10.8. The van der Waals surface area contributed by atoms with Crippen molar-refractivity contribution in [1.82, 2.24) is 9.80 Å². The van der Waals surface area contributed by atoms with Gasteiger partial charge in [0.15, 0.2) is 0 Å². The van der Waals surface area contributed by atoms with Gasteiger partial charge in [0.25, 0.3) is 5.91 Å². The second kappa shape index (κ2) is 6.82. The minimum absolute atomic E-state index is 0.0767. The summed E-state index contributed by atoms with van der Waals surface area (Å²) in [4.78, 5) is 28.6. The fourth-order valence-electron chi connectivity index (χ4n) is 2.70. The molecule has 1 heterocycles. The molecule has 0 aromatic heterocycles. The van der Waals surface area contributed by atoms with Gasteiger partial charge in [0.2, 0.25) is 5.91 Å². The zero-order valence-corrected chi connectivity index (χ0v) is 14.0. The smallest absolute Gasteiger partial charge is 0.253 e. The molecular formula is C18H23N3O2. The molecule has 1 fully saturated rings. The van der Waals surface area contributed by atoms with Gasteiger partial charge in [-0.05, 0) is 24.6 Å². The summed E-state index contributed by atoms with van der Waals surface area (Å²) >= 11 is 0. The van der Waals surface area contributed by atoms with E-state index < -0.39 is 5.41 Å². The average Bonchev–Trinajstić information content (AvgIpc) is 2.78. The highest BCUT2D eigenvalue weighted by atomic mass is 16.2. The second-order valence-electron chi connectivity index (χ2n) is 6.88. The van der Waals surface area contributed by atoms with E-state index in [9.17, 15) is 9.59 Å². The number of nitriles is 1. The van der Waals surface area contributed by atoms with E-state index >= 15 is 0 Å². The highest BCUT2D eigenvalue weighted by Gasteiger charge is 2.29. The summed E-state index contributed by atoms with van der Waals surface area (Å²) in [6.07, 6.45) is 0.769. The summed E-state index contributed by atoms with van der Waals surface area (Å²) < 4.78 is 0. The van der Waals surface area contributed by atoms with Gasteiger partial charge >= 0.3 is 0 Å². The number of amides is 2. The van der Waals surface area contributed by atoms with Gasteiger partial charge in [0, 0.05) is 37.2 Å². The number of rotatable bonds is 1.